The summed E-state index contributed by atoms with van der Waals surface area (Å²) in [7, 11) is 0.754. The minimum absolute atomic E-state index is 0.0555. The third-order valence-electron chi connectivity index (χ3n) is 5.75. The number of hydrogen-bond donors (Lipinski definition) is 4. The van der Waals surface area contributed by atoms with Gasteiger partial charge in [-0.15, -0.1) is 11.6 Å². The Balaban J connectivity index is 2.03. The second-order valence-corrected chi connectivity index (χ2v) is 11.2. The summed E-state index contributed by atoms with van der Waals surface area (Å²) < 4.78 is 29.3. The van der Waals surface area contributed by atoms with E-state index < -0.39 is 27.4 Å². The normalized spacial score (nSPS) is 12.4. The van der Waals surface area contributed by atoms with Gasteiger partial charge in [0.15, 0.2) is 11.5 Å². The van der Waals surface area contributed by atoms with Crippen molar-refractivity contribution in [1.82, 2.24) is 20.2 Å². The number of benzene rings is 2. The molecule has 0 fully saturated rings. The number of sulfonamides is 1. The van der Waals surface area contributed by atoms with Crippen molar-refractivity contribution in [2.75, 3.05) is 37.3 Å². The van der Waals surface area contributed by atoms with E-state index in [4.69, 9.17) is 44.7 Å². The standard InChI is InChI=1S/C23H22Cl3N7O5S/c1-33(2)22-19-21(31-32-22)29-20(30-23(19)35)17(18-12(25)7-11(8-13(18)26)39(27,36)37)10-4-5-15(38-3)14(6-10)28-16(34)9-24/h4-8,17H,9H2,1-3H3,(H,28,34)(H2,27,36,37)(H2,29,30,31,32,35). The fraction of sp³-hybridized carbons (Fsp3) is 0.217. The van der Waals surface area contributed by atoms with E-state index in [1.165, 1.54) is 7.11 Å². The van der Waals surface area contributed by atoms with Gasteiger partial charge in [-0.2, -0.15) is 5.10 Å². The number of primary sulfonamides is 1. The summed E-state index contributed by atoms with van der Waals surface area (Å²) in [5, 5.41) is 15.0. The first-order valence-electron chi connectivity index (χ1n) is 11.1. The molecule has 1 amide bonds. The Bertz CT molecular complexity index is 1730. The van der Waals surface area contributed by atoms with Crippen LogP contribution in [0.5, 0.6) is 5.75 Å². The predicted molar refractivity (Wildman–Crippen MR) is 150 cm³/mol. The van der Waals surface area contributed by atoms with Crippen LogP contribution in [0.2, 0.25) is 10.0 Å². The number of carbonyl (C=O) groups excluding carboxylic acids is 1. The zero-order chi connectivity index (χ0) is 28.6. The first-order chi connectivity index (χ1) is 18.3. The molecule has 2 aromatic carbocycles. The highest BCUT2D eigenvalue weighted by atomic mass is 35.5. The first kappa shape index (κ1) is 28.6. The highest BCUT2D eigenvalue weighted by Gasteiger charge is 2.29. The van der Waals surface area contributed by atoms with Crippen LogP contribution in [0.25, 0.3) is 11.0 Å². The molecular formula is C23H22Cl3N7O5S. The molecule has 5 N–H and O–H groups in total. The van der Waals surface area contributed by atoms with Crippen molar-refractivity contribution in [2.45, 2.75) is 10.8 Å². The van der Waals surface area contributed by atoms with Crippen molar-refractivity contribution < 1.29 is 17.9 Å². The lowest BCUT2D eigenvalue weighted by atomic mass is 9.89. The maximum Gasteiger partial charge on any atom is 0.264 e. The lowest BCUT2D eigenvalue weighted by Crippen LogP contribution is -2.20. The molecule has 1 atom stereocenters. The van der Waals surface area contributed by atoms with Gasteiger partial charge in [0.1, 0.15) is 22.8 Å². The van der Waals surface area contributed by atoms with Gasteiger partial charge in [0.2, 0.25) is 15.9 Å². The molecule has 12 nitrogen and oxygen atoms in total. The molecule has 2 heterocycles. The fourth-order valence-electron chi connectivity index (χ4n) is 4.05. The number of nitrogens with two attached hydrogens (primary N) is 1. The molecule has 0 spiro atoms. The van der Waals surface area contributed by atoms with Crippen molar-refractivity contribution in [2.24, 2.45) is 5.14 Å². The molecule has 4 aromatic rings. The molecule has 0 saturated heterocycles. The maximum absolute atomic E-state index is 13.2. The maximum atomic E-state index is 13.2. The van der Waals surface area contributed by atoms with Gasteiger partial charge >= 0.3 is 0 Å². The van der Waals surface area contributed by atoms with Gasteiger partial charge in [-0.25, -0.2) is 18.5 Å². The van der Waals surface area contributed by atoms with Crippen LogP contribution in [0.4, 0.5) is 11.5 Å². The first-order valence-corrected chi connectivity index (χ1v) is 13.9. The molecule has 4 rings (SSSR count). The van der Waals surface area contributed by atoms with E-state index in [1.54, 1.807) is 37.2 Å². The Kier molecular flexibility index (Phi) is 8.09. The number of anilines is 2. The van der Waals surface area contributed by atoms with Crippen LogP contribution in [0.1, 0.15) is 22.9 Å². The van der Waals surface area contributed by atoms with Crippen LogP contribution in [0.3, 0.4) is 0 Å². The van der Waals surface area contributed by atoms with Crippen molar-refractivity contribution >= 4 is 73.3 Å². The monoisotopic (exact) mass is 613 g/mol. The number of fused-ring (bicyclic) bond motifs is 1. The molecule has 2 aromatic heterocycles. The summed E-state index contributed by atoms with van der Waals surface area (Å²) in [4.78, 5) is 34.0. The second-order valence-electron chi connectivity index (χ2n) is 8.54. The molecule has 0 bridgehead atoms. The van der Waals surface area contributed by atoms with Crippen LogP contribution in [0, 0.1) is 0 Å². The van der Waals surface area contributed by atoms with Crippen molar-refractivity contribution in [3.05, 3.63) is 67.7 Å². The Morgan fingerprint density at radius 1 is 1.21 bits per heavy atom. The van der Waals surface area contributed by atoms with Crippen LogP contribution in [0.15, 0.2) is 40.0 Å². The zero-order valence-corrected chi connectivity index (χ0v) is 23.8. The van der Waals surface area contributed by atoms with E-state index in [0.717, 1.165) is 12.1 Å². The molecular weight excluding hydrogens is 593 g/mol. The second kappa shape index (κ2) is 11.0. The number of rotatable bonds is 8. The van der Waals surface area contributed by atoms with E-state index in [9.17, 15) is 18.0 Å². The number of nitrogens with one attached hydrogen (secondary N) is 3. The minimum atomic E-state index is -4.13. The molecule has 1 unspecified atom stereocenters. The van der Waals surface area contributed by atoms with Gasteiger partial charge in [-0.05, 0) is 29.8 Å². The third-order valence-corrected chi connectivity index (χ3v) is 7.51. The average molecular weight is 615 g/mol. The Labute approximate surface area is 237 Å². The number of carbonyl (C=O) groups is 1. The Morgan fingerprint density at radius 3 is 2.44 bits per heavy atom. The largest absolute Gasteiger partial charge is 0.495 e. The van der Waals surface area contributed by atoms with Crippen LogP contribution in [-0.2, 0) is 14.8 Å². The van der Waals surface area contributed by atoms with Crippen LogP contribution < -0.4 is 25.7 Å². The highest BCUT2D eigenvalue weighted by Crippen LogP contribution is 2.42. The van der Waals surface area contributed by atoms with Gasteiger partial charge in [0.05, 0.1) is 23.6 Å². The number of halogens is 3. The highest BCUT2D eigenvalue weighted by molar-refractivity contribution is 7.89. The van der Waals surface area contributed by atoms with Crippen molar-refractivity contribution in [1.29, 1.82) is 0 Å². The predicted octanol–water partition coefficient (Wildman–Crippen LogP) is 3.03. The summed E-state index contributed by atoms with van der Waals surface area (Å²) in [5.74, 6) is -0.930. The van der Waals surface area contributed by atoms with E-state index >= 15 is 0 Å². The van der Waals surface area contributed by atoms with Gasteiger partial charge in [-0.1, -0.05) is 29.3 Å². The van der Waals surface area contributed by atoms with Gasteiger partial charge in [0.25, 0.3) is 5.56 Å². The summed E-state index contributed by atoms with van der Waals surface area (Å²) in [5.41, 5.74) is 0.664. The molecule has 0 saturated carbocycles. The lowest BCUT2D eigenvalue weighted by molar-refractivity contribution is -0.113. The van der Waals surface area contributed by atoms with Crippen molar-refractivity contribution in [3.8, 4) is 5.75 Å². The number of H-pyrrole nitrogens is 2. The number of alkyl halides is 1. The summed E-state index contributed by atoms with van der Waals surface area (Å²) in [6.45, 7) is 0. The molecule has 0 aliphatic heterocycles. The number of hydrogen-bond acceptors (Lipinski definition) is 8. The number of aromatic amines is 2. The van der Waals surface area contributed by atoms with Gasteiger partial charge in [-0.3, -0.25) is 14.7 Å². The molecule has 39 heavy (non-hydrogen) atoms. The smallest absolute Gasteiger partial charge is 0.264 e. The number of aromatic nitrogens is 4. The van der Waals surface area contributed by atoms with E-state index in [1.807, 2.05) is 0 Å². The summed E-state index contributed by atoms with van der Waals surface area (Å²) >= 11 is 18.8. The molecule has 0 aliphatic rings. The topological polar surface area (TPSA) is 176 Å². The minimum Gasteiger partial charge on any atom is -0.495 e. The Hall–Kier alpha value is -3.36. The van der Waals surface area contributed by atoms with Crippen molar-refractivity contribution in [3.63, 3.8) is 0 Å². The lowest BCUT2D eigenvalue weighted by Gasteiger charge is -2.22. The summed E-state index contributed by atoms with van der Waals surface area (Å²) in [6, 6.07) is 7.13. The average Bonchev–Trinajstić information content (AvgIpc) is 3.30. The van der Waals surface area contributed by atoms with Crippen LogP contribution >= 0.6 is 34.8 Å². The number of methoxy groups -OCH3 is 1. The summed E-state index contributed by atoms with van der Waals surface area (Å²) in [6.07, 6.45) is 0. The SMILES string of the molecule is COc1ccc(C(c2nc3[nH]nc(N(C)C)c3c(=O)[nH]2)c2c(Cl)cc(S(N)(=O)=O)cc2Cl)cc1NC(=O)CCl. The third kappa shape index (κ3) is 5.68. The van der Waals surface area contributed by atoms with E-state index in [0.29, 0.717) is 17.1 Å². The van der Waals surface area contributed by atoms with Gasteiger partial charge < -0.3 is 19.9 Å². The number of ether oxygens (including phenoxy) is 1. The van der Waals surface area contributed by atoms with E-state index in [-0.39, 0.29) is 48.9 Å². The fourth-order valence-corrected chi connectivity index (χ4v) is 5.52. The molecule has 206 valence electrons. The number of nitrogens with zero attached hydrogens (tertiary/aromatic N) is 3. The molecule has 0 aliphatic carbocycles. The van der Waals surface area contributed by atoms with Gasteiger partial charge in [0, 0.05) is 29.7 Å². The van der Waals surface area contributed by atoms with E-state index in [2.05, 4.69) is 25.5 Å². The molecule has 0 radical (unpaired) electrons. The van der Waals surface area contributed by atoms with Crippen LogP contribution in [-0.4, -0.2) is 61.6 Å². The molecule has 16 heteroatoms. The quantitative estimate of drug-likeness (QED) is 0.219. The zero-order valence-electron chi connectivity index (χ0n) is 20.7. The number of amides is 1. The Morgan fingerprint density at radius 2 is 1.87 bits per heavy atom.